The highest BCUT2D eigenvalue weighted by molar-refractivity contribution is 5.71. The number of hydrogen-bond donors (Lipinski definition) is 1. The van der Waals surface area contributed by atoms with Crippen LogP contribution in [0.15, 0.2) is 46.5 Å². The van der Waals surface area contributed by atoms with E-state index in [1.807, 2.05) is 52.2 Å². The van der Waals surface area contributed by atoms with Crippen LogP contribution in [0, 0.1) is 0 Å². The second kappa shape index (κ2) is 17.1. The predicted molar refractivity (Wildman–Crippen MR) is 90.2 cm³/mol. The third kappa shape index (κ3) is 12.5. The molecule has 112 valence electrons. The second-order valence-corrected chi connectivity index (χ2v) is 3.36. The van der Waals surface area contributed by atoms with Crippen molar-refractivity contribution in [3.05, 3.63) is 42.1 Å². The fourth-order valence-electron chi connectivity index (χ4n) is 1.05. The maximum Gasteiger partial charge on any atom is 0.118 e. The van der Waals surface area contributed by atoms with Gasteiger partial charge < -0.3 is 10.1 Å². The molecule has 0 spiro atoms. The monoisotopic (exact) mass is 277 g/mol. The quantitative estimate of drug-likeness (QED) is 0.839. The van der Waals surface area contributed by atoms with Gasteiger partial charge >= 0.3 is 0 Å². The molecule has 4 heteroatoms. The fourth-order valence-corrected chi connectivity index (χ4v) is 1.05. The van der Waals surface area contributed by atoms with E-state index in [4.69, 9.17) is 4.74 Å². The molecule has 0 aliphatic heterocycles. The topological polar surface area (TPSA) is 46.0 Å². The van der Waals surface area contributed by atoms with E-state index >= 15 is 0 Å². The standard InChI is InChI=1S/C12H14N2O.C2H7N.C2H6/c1-13-8-3-9-14-10-11-4-6-12(15-2)7-5-11;1-3-2;1-2/h3-9H,1,10H2,2H3;3H,1-2H3;1-2H3/b8-3-,14-9?;;. The predicted octanol–water partition coefficient (Wildman–Crippen LogP) is 3.34. The van der Waals surface area contributed by atoms with Crippen molar-refractivity contribution in [3.63, 3.8) is 0 Å². The SMILES string of the molecule is C=N/C=C\C=NCc1ccc(OC)cc1.CC.CNC. The van der Waals surface area contributed by atoms with Gasteiger partial charge in [-0.2, -0.15) is 0 Å². The molecule has 0 fully saturated rings. The van der Waals surface area contributed by atoms with E-state index < -0.39 is 0 Å². The van der Waals surface area contributed by atoms with Crippen LogP contribution in [0.5, 0.6) is 5.75 Å². The lowest BCUT2D eigenvalue weighted by Crippen LogP contribution is -1.89. The molecular formula is C16H27N3O. The first-order valence-corrected chi connectivity index (χ1v) is 6.60. The minimum atomic E-state index is 0.658. The number of nitrogens with zero attached hydrogens (tertiary/aromatic N) is 2. The van der Waals surface area contributed by atoms with Crippen molar-refractivity contribution in [2.45, 2.75) is 20.4 Å². The first kappa shape index (κ1) is 20.4. The molecule has 0 unspecified atom stereocenters. The van der Waals surface area contributed by atoms with Crippen molar-refractivity contribution in [1.82, 2.24) is 5.32 Å². The highest BCUT2D eigenvalue weighted by Gasteiger charge is 1.91. The molecule has 1 aromatic rings. The number of hydrogen-bond acceptors (Lipinski definition) is 4. The summed E-state index contributed by atoms with van der Waals surface area (Å²) in [6, 6.07) is 7.83. The molecule has 1 N–H and O–H groups in total. The number of benzene rings is 1. The van der Waals surface area contributed by atoms with Gasteiger partial charge in [0.2, 0.25) is 0 Å². The van der Waals surface area contributed by atoms with Crippen molar-refractivity contribution in [2.24, 2.45) is 9.98 Å². The highest BCUT2D eigenvalue weighted by Crippen LogP contribution is 2.11. The third-order valence-electron chi connectivity index (χ3n) is 1.82. The third-order valence-corrected chi connectivity index (χ3v) is 1.82. The number of methoxy groups -OCH3 is 1. The summed E-state index contributed by atoms with van der Waals surface area (Å²) < 4.78 is 5.06. The average Bonchev–Trinajstić information content (AvgIpc) is 2.50. The van der Waals surface area contributed by atoms with Crippen molar-refractivity contribution >= 4 is 12.9 Å². The second-order valence-electron chi connectivity index (χ2n) is 3.36. The molecule has 0 aromatic heterocycles. The molecule has 20 heavy (non-hydrogen) atoms. The van der Waals surface area contributed by atoms with Crippen LogP contribution >= 0.6 is 0 Å². The molecule has 0 atom stereocenters. The number of rotatable bonds is 5. The van der Waals surface area contributed by atoms with Gasteiger partial charge in [0.05, 0.1) is 13.7 Å². The molecule has 0 aliphatic rings. The molecule has 0 saturated carbocycles. The van der Waals surface area contributed by atoms with E-state index in [1.54, 1.807) is 25.6 Å². The molecule has 1 rings (SSSR count). The molecular weight excluding hydrogens is 250 g/mol. The van der Waals surface area contributed by atoms with Gasteiger partial charge in [0.25, 0.3) is 0 Å². The summed E-state index contributed by atoms with van der Waals surface area (Å²) in [4.78, 5) is 7.76. The van der Waals surface area contributed by atoms with Gasteiger partial charge in [0.15, 0.2) is 0 Å². The van der Waals surface area contributed by atoms with Gasteiger partial charge in [0, 0.05) is 12.4 Å². The molecule has 0 amide bonds. The maximum atomic E-state index is 5.06. The van der Waals surface area contributed by atoms with E-state index in [0.717, 1.165) is 11.3 Å². The van der Waals surface area contributed by atoms with Crippen LogP contribution in [0.3, 0.4) is 0 Å². The zero-order valence-corrected chi connectivity index (χ0v) is 13.3. The highest BCUT2D eigenvalue weighted by atomic mass is 16.5. The fraction of sp³-hybridized carbons (Fsp3) is 0.375. The summed E-state index contributed by atoms with van der Waals surface area (Å²) in [5.41, 5.74) is 1.15. The summed E-state index contributed by atoms with van der Waals surface area (Å²) in [5.74, 6) is 0.860. The Hall–Kier alpha value is -1.94. The number of allylic oxidation sites excluding steroid dienone is 1. The van der Waals surface area contributed by atoms with Gasteiger partial charge in [-0.1, -0.05) is 26.0 Å². The smallest absolute Gasteiger partial charge is 0.118 e. The molecule has 0 aliphatic carbocycles. The average molecular weight is 277 g/mol. The van der Waals surface area contributed by atoms with Crippen LogP contribution in [0.4, 0.5) is 0 Å². The Balaban J connectivity index is 0. The van der Waals surface area contributed by atoms with E-state index in [9.17, 15) is 0 Å². The van der Waals surface area contributed by atoms with Gasteiger partial charge in [-0.15, -0.1) is 0 Å². The summed E-state index contributed by atoms with van der Waals surface area (Å²) >= 11 is 0. The van der Waals surface area contributed by atoms with E-state index in [-0.39, 0.29) is 0 Å². The minimum absolute atomic E-state index is 0.658. The van der Waals surface area contributed by atoms with Crippen LogP contribution in [0.25, 0.3) is 0 Å². The summed E-state index contributed by atoms with van der Waals surface area (Å²) in [7, 11) is 5.40. The molecule has 0 bridgehead atoms. The molecule has 0 saturated heterocycles. The van der Waals surface area contributed by atoms with E-state index in [2.05, 4.69) is 22.0 Å². The summed E-state index contributed by atoms with van der Waals surface area (Å²) in [5, 5.41) is 2.75. The van der Waals surface area contributed by atoms with Gasteiger partial charge in [-0.05, 0) is 44.6 Å². The zero-order chi connectivity index (χ0) is 15.6. The summed E-state index contributed by atoms with van der Waals surface area (Å²) in [6.07, 6.45) is 5.05. The number of nitrogens with one attached hydrogen (secondary N) is 1. The largest absolute Gasteiger partial charge is 0.497 e. The maximum absolute atomic E-state index is 5.06. The number of aliphatic imine (C=N–C) groups is 2. The van der Waals surface area contributed by atoms with E-state index in [0.29, 0.717) is 6.54 Å². The first-order chi connectivity index (χ1) is 9.78. The Labute approximate surface area is 123 Å². The van der Waals surface area contributed by atoms with Crippen molar-refractivity contribution in [3.8, 4) is 5.75 Å². The Kier molecular flexibility index (Phi) is 17.4. The lowest BCUT2D eigenvalue weighted by atomic mass is 10.2. The zero-order valence-electron chi connectivity index (χ0n) is 13.3. The van der Waals surface area contributed by atoms with Crippen molar-refractivity contribution in [2.75, 3.05) is 21.2 Å². The molecule has 0 heterocycles. The Morgan fingerprint density at radius 3 is 2.20 bits per heavy atom. The molecule has 4 nitrogen and oxygen atoms in total. The van der Waals surface area contributed by atoms with Crippen LogP contribution in [0.1, 0.15) is 19.4 Å². The molecule has 1 aromatic carbocycles. The molecule has 0 radical (unpaired) electrons. The van der Waals surface area contributed by atoms with Gasteiger partial charge in [0.1, 0.15) is 5.75 Å². The van der Waals surface area contributed by atoms with E-state index in [1.165, 1.54) is 0 Å². The minimum Gasteiger partial charge on any atom is -0.497 e. The van der Waals surface area contributed by atoms with Crippen LogP contribution in [0.2, 0.25) is 0 Å². The Morgan fingerprint density at radius 1 is 1.20 bits per heavy atom. The summed E-state index contributed by atoms with van der Waals surface area (Å²) in [6.45, 7) is 7.98. The first-order valence-electron chi connectivity index (χ1n) is 6.60. The normalized spacial score (nSPS) is 9.45. The van der Waals surface area contributed by atoms with Crippen LogP contribution < -0.4 is 10.1 Å². The van der Waals surface area contributed by atoms with Crippen LogP contribution in [-0.4, -0.2) is 34.1 Å². The lowest BCUT2D eigenvalue weighted by Gasteiger charge is -1.99. The Morgan fingerprint density at radius 2 is 1.75 bits per heavy atom. The lowest BCUT2D eigenvalue weighted by molar-refractivity contribution is 0.414. The van der Waals surface area contributed by atoms with Gasteiger partial charge in [-0.25, -0.2) is 0 Å². The van der Waals surface area contributed by atoms with Gasteiger partial charge in [-0.3, -0.25) is 9.98 Å². The Bertz CT molecular complexity index is 370. The van der Waals surface area contributed by atoms with Crippen LogP contribution in [-0.2, 0) is 6.54 Å². The van der Waals surface area contributed by atoms with Crippen molar-refractivity contribution < 1.29 is 4.74 Å². The van der Waals surface area contributed by atoms with Crippen molar-refractivity contribution in [1.29, 1.82) is 0 Å². The number of ether oxygens (including phenoxy) is 1.